The Balaban J connectivity index is 1.68. The number of likely N-dealkylation sites (tertiary alicyclic amines) is 1. The molecule has 0 bridgehead atoms. The molecule has 4 nitrogen and oxygen atoms in total. The van der Waals surface area contributed by atoms with Crippen LogP contribution in [0.5, 0.6) is 0 Å². The van der Waals surface area contributed by atoms with Crippen molar-refractivity contribution in [3.8, 4) is 0 Å². The number of morpholine rings is 1. The van der Waals surface area contributed by atoms with Gasteiger partial charge >= 0.3 is 0 Å². The van der Waals surface area contributed by atoms with E-state index >= 15 is 0 Å². The van der Waals surface area contributed by atoms with Crippen molar-refractivity contribution in [3.63, 3.8) is 0 Å². The van der Waals surface area contributed by atoms with Crippen LogP contribution in [0.4, 0.5) is 0 Å². The quantitative estimate of drug-likeness (QED) is 0.759. The smallest absolute Gasteiger partial charge is 0.222 e. The van der Waals surface area contributed by atoms with Crippen LogP contribution in [0.3, 0.4) is 0 Å². The molecule has 0 N–H and O–H groups in total. The highest BCUT2D eigenvalue weighted by molar-refractivity contribution is 5.76. The van der Waals surface area contributed by atoms with E-state index in [0.29, 0.717) is 12.3 Å². The fourth-order valence-corrected chi connectivity index (χ4v) is 2.89. The molecule has 1 amide bonds. The van der Waals surface area contributed by atoms with Crippen molar-refractivity contribution in [3.05, 3.63) is 0 Å². The van der Waals surface area contributed by atoms with Crippen LogP contribution in [0.1, 0.15) is 32.6 Å². The van der Waals surface area contributed by atoms with E-state index in [2.05, 4.69) is 16.7 Å². The summed E-state index contributed by atoms with van der Waals surface area (Å²) in [5.74, 6) is 1.12. The summed E-state index contributed by atoms with van der Waals surface area (Å²) < 4.78 is 5.37. The van der Waals surface area contributed by atoms with Crippen molar-refractivity contribution in [1.82, 2.24) is 9.80 Å². The van der Waals surface area contributed by atoms with E-state index in [4.69, 9.17) is 4.74 Å². The monoisotopic (exact) mass is 254 g/mol. The van der Waals surface area contributed by atoms with E-state index in [1.807, 2.05) is 0 Å². The SMILES string of the molecule is CCCC(=O)N1CCC(CN2CCOCC2)CC1. The van der Waals surface area contributed by atoms with Crippen molar-refractivity contribution in [2.45, 2.75) is 32.6 Å². The number of carbonyl (C=O) groups is 1. The molecule has 0 aliphatic carbocycles. The lowest BCUT2D eigenvalue weighted by atomic mass is 9.95. The first kappa shape index (κ1) is 13.8. The van der Waals surface area contributed by atoms with Gasteiger partial charge in [-0.3, -0.25) is 9.69 Å². The van der Waals surface area contributed by atoms with Gasteiger partial charge in [0, 0.05) is 39.1 Å². The van der Waals surface area contributed by atoms with Gasteiger partial charge in [0.2, 0.25) is 5.91 Å². The van der Waals surface area contributed by atoms with Gasteiger partial charge in [-0.2, -0.15) is 0 Å². The molecular weight excluding hydrogens is 228 g/mol. The fourth-order valence-electron chi connectivity index (χ4n) is 2.89. The van der Waals surface area contributed by atoms with E-state index in [-0.39, 0.29) is 0 Å². The van der Waals surface area contributed by atoms with Crippen LogP contribution in [0, 0.1) is 5.92 Å². The van der Waals surface area contributed by atoms with Crippen LogP contribution in [0.25, 0.3) is 0 Å². The summed E-state index contributed by atoms with van der Waals surface area (Å²) in [6.07, 6.45) is 4.03. The summed E-state index contributed by atoms with van der Waals surface area (Å²) in [7, 11) is 0. The molecule has 4 heteroatoms. The van der Waals surface area contributed by atoms with Gasteiger partial charge < -0.3 is 9.64 Å². The molecule has 2 rings (SSSR count). The van der Waals surface area contributed by atoms with E-state index in [9.17, 15) is 4.79 Å². The minimum Gasteiger partial charge on any atom is -0.379 e. The number of hydrogen-bond donors (Lipinski definition) is 0. The second-order valence-corrected chi connectivity index (χ2v) is 5.49. The number of piperidine rings is 1. The van der Waals surface area contributed by atoms with Gasteiger partial charge in [-0.25, -0.2) is 0 Å². The molecule has 0 saturated carbocycles. The Kier molecular flexibility index (Phi) is 5.45. The van der Waals surface area contributed by atoms with Crippen molar-refractivity contribution in [2.75, 3.05) is 45.9 Å². The summed E-state index contributed by atoms with van der Waals surface area (Å²) in [6.45, 7) is 9.12. The summed E-state index contributed by atoms with van der Waals surface area (Å²) in [6, 6.07) is 0. The van der Waals surface area contributed by atoms with Gasteiger partial charge in [0.25, 0.3) is 0 Å². The van der Waals surface area contributed by atoms with E-state index < -0.39 is 0 Å². The molecule has 18 heavy (non-hydrogen) atoms. The Morgan fingerprint density at radius 3 is 2.44 bits per heavy atom. The number of amides is 1. The second kappa shape index (κ2) is 7.10. The van der Waals surface area contributed by atoms with Crippen molar-refractivity contribution in [1.29, 1.82) is 0 Å². The fraction of sp³-hybridized carbons (Fsp3) is 0.929. The summed E-state index contributed by atoms with van der Waals surface area (Å²) in [4.78, 5) is 16.4. The zero-order valence-corrected chi connectivity index (χ0v) is 11.6. The highest BCUT2D eigenvalue weighted by atomic mass is 16.5. The number of carbonyl (C=O) groups excluding carboxylic acids is 1. The Morgan fingerprint density at radius 2 is 1.83 bits per heavy atom. The van der Waals surface area contributed by atoms with Crippen LogP contribution in [0.15, 0.2) is 0 Å². The topological polar surface area (TPSA) is 32.8 Å². The highest BCUT2D eigenvalue weighted by Gasteiger charge is 2.24. The molecule has 0 aromatic rings. The van der Waals surface area contributed by atoms with Gasteiger partial charge in [0.1, 0.15) is 0 Å². The predicted octanol–water partition coefficient (Wildman–Crippen LogP) is 1.36. The Hall–Kier alpha value is -0.610. The van der Waals surface area contributed by atoms with Crippen LogP contribution in [-0.4, -0.2) is 61.6 Å². The van der Waals surface area contributed by atoms with E-state index in [1.165, 1.54) is 19.4 Å². The summed E-state index contributed by atoms with van der Waals surface area (Å²) >= 11 is 0. The lowest BCUT2D eigenvalue weighted by Gasteiger charge is -2.36. The lowest BCUT2D eigenvalue weighted by Crippen LogP contribution is -2.44. The zero-order chi connectivity index (χ0) is 12.8. The minimum absolute atomic E-state index is 0.349. The van der Waals surface area contributed by atoms with E-state index in [1.54, 1.807) is 0 Å². The first-order valence-corrected chi connectivity index (χ1v) is 7.37. The van der Waals surface area contributed by atoms with Crippen molar-refractivity contribution in [2.24, 2.45) is 5.92 Å². The van der Waals surface area contributed by atoms with Gasteiger partial charge in [0.15, 0.2) is 0 Å². The van der Waals surface area contributed by atoms with Crippen molar-refractivity contribution >= 4 is 5.91 Å². The molecule has 0 aromatic carbocycles. The maximum Gasteiger partial charge on any atom is 0.222 e. The van der Waals surface area contributed by atoms with Crippen LogP contribution in [-0.2, 0) is 9.53 Å². The number of rotatable bonds is 4. The average Bonchev–Trinajstić information content (AvgIpc) is 2.41. The molecule has 0 aromatic heterocycles. The summed E-state index contributed by atoms with van der Waals surface area (Å²) in [5, 5.41) is 0. The standard InChI is InChI=1S/C14H26N2O2/c1-2-3-14(17)16-6-4-13(5-7-16)12-15-8-10-18-11-9-15/h13H,2-12H2,1H3. The van der Waals surface area contributed by atoms with E-state index in [0.717, 1.165) is 51.7 Å². The normalized spacial score (nSPS) is 23.3. The third kappa shape index (κ3) is 3.95. The van der Waals surface area contributed by atoms with Gasteiger partial charge in [0.05, 0.1) is 13.2 Å². The molecule has 2 aliphatic heterocycles. The molecule has 0 radical (unpaired) electrons. The minimum atomic E-state index is 0.349. The maximum atomic E-state index is 11.8. The largest absolute Gasteiger partial charge is 0.379 e. The van der Waals surface area contributed by atoms with Gasteiger partial charge in [-0.05, 0) is 25.2 Å². The predicted molar refractivity (Wildman–Crippen MR) is 71.5 cm³/mol. The third-order valence-corrected chi connectivity index (χ3v) is 4.05. The first-order valence-electron chi connectivity index (χ1n) is 7.37. The molecular formula is C14H26N2O2. The lowest BCUT2D eigenvalue weighted by molar-refractivity contribution is -0.132. The molecule has 2 saturated heterocycles. The molecule has 0 unspecified atom stereocenters. The van der Waals surface area contributed by atoms with Crippen LogP contribution in [0.2, 0.25) is 0 Å². The number of hydrogen-bond acceptors (Lipinski definition) is 3. The molecule has 2 fully saturated rings. The van der Waals surface area contributed by atoms with Gasteiger partial charge in [-0.1, -0.05) is 6.92 Å². The first-order chi connectivity index (χ1) is 8.79. The summed E-state index contributed by atoms with van der Waals surface area (Å²) in [5.41, 5.74) is 0. The molecule has 2 aliphatic rings. The van der Waals surface area contributed by atoms with Gasteiger partial charge in [-0.15, -0.1) is 0 Å². The Labute approximate surface area is 110 Å². The van der Waals surface area contributed by atoms with Crippen LogP contribution < -0.4 is 0 Å². The Bertz CT molecular complexity index is 257. The zero-order valence-electron chi connectivity index (χ0n) is 11.6. The molecule has 2 heterocycles. The van der Waals surface area contributed by atoms with Crippen molar-refractivity contribution < 1.29 is 9.53 Å². The third-order valence-electron chi connectivity index (χ3n) is 4.05. The van der Waals surface area contributed by atoms with Crippen LogP contribution >= 0.6 is 0 Å². The second-order valence-electron chi connectivity index (χ2n) is 5.49. The average molecular weight is 254 g/mol. The number of ether oxygens (including phenoxy) is 1. The molecule has 0 atom stereocenters. The highest BCUT2D eigenvalue weighted by Crippen LogP contribution is 2.19. The maximum absolute atomic E-state index is 11.8. The Morgan fingerprint density at radius 1 is 1.17 bits per heavy atom. The number of nitrogens with zero attached hydrogens (tertiary/aromatic N) is 2. The molecule has 104 valence electrons. The molecule has 0 spiro atoms.